The lowest BCUT2D eigenvalue weighted by Gasteiger charge is -2.49. The van der Waals surface area contributed by atoms with Crippen molar-refractivity contribution in [1.29, 1.82) is 0 Å². The van der Waals surface area contributed by atoms with Gasteiger partial charge in [-0.05, 0) is 29.5 Å². The summed E-state index contributed by atoms with van der Waals surface area (Å²) in [5, 5.41) is -0.324. The average Bonchev–Trinajstić information content (AvgIpc) is 3.00. The van der Waals surface area contributed by atoms with Gasteiger partial charge in [-0.25, -0.2) is 9.59 Å². The molecule has 0 fully saturated rings. The predicted molar refractivity (Wildman–Crippen MR) is 116 cm³/mol. The molecule has 29 heavy (non-hydrogen) atoms. The summed E-state index contributed by atoms with van der Waals surface area (Å²) in [6.45, 7) is 16.5. The Balaban J connectivity index is 2.91. The van der Waals surface area contributed by atoms with E-state index < -0.39 is 26.4 Å². The highest BCUT2D eigenvalue weighted by Crippen LogP contribution is 2.62. The molecule has 160 valence electrons. The monoisotopic (exact) mass is 418 g/mol. The first kappa shape index (κ1) is 23.4. The van der Waals surface area contributed by atoms with Gasteiger partial charge < -0.3 is 13.9 Å². The van der Waals surface area contributed by atoms with Gasteiger partial charge in [-0.2, -0.15) is 0 Å². The van der Waals surface area contributed by atoms with E-state index in [2.05, 4.69) is 41.5 Å². The molecule has 5 nitrogen and oxygen atoms in total. The van der Waals surface area contributed by atoms with Gasteiger partial charge in [0.15, 0.2) is 0 Å². The van der Waals surface area contributed by atoms with Crippen molar-refractivity contribution in [3.8, 4) is 0 Å². The minimum Gasteiger partial charge on any atom is -0.463 e. The molecule has 1 aromatic rings. The molecular formula is C23H34O5Si. The first-order valence-electron chi connectivity index (χ1n) is 10.2. The molecule has 0 bridgehead atoms. The number of esters is 2. The fraction of sp³-hybridized carbons (Fsp3) is 0.565. The number of rotatable bonds is 5. The van der Waals surface area contributed by atoms with Gasteiger partial charge in [-0.3, -0.25) is 0 Å². The van der Waals surface area contributed by atoms with Crippen molar-refractivity contribution >= 4 is 20.3 Å². The summed E-state index contributed by atoms with van der Waals surface area (Å²) >= 11 is 0. The molecule has 1 unspecified atom stereocenters. The number of carbonyl (C=O) groups excluding carboxylic acids is 2. The second-order valence-electron chi connectivity index (χ2n) is 9.32. The minimum atomic E-state index is -3.06. The van der Waals surface area contributed by atoms with Crippen LogP contribution in [0.15, 0.2) is 41.1 Å². The number of hydrogen-bond acceptors (Lipinski definition) is 5. The van der Waals surface area contributed by atoms with E-state index in [1.165, 1.54) is 0 Å². The maximum atomic E-state index is 13.3. The Labute approximate surface area is 175 Å². The average molecular weight is 419 g/mol. The largest absolute Gasteiger partial charge is 0.463 e. The van der Waals surface area contributed by atoms with Crippen molar-refractivity contribution in [2.75, 3.05) is 13.2 Å². The second kappa shape index (κ2) is 8.44. The van der Waals surface area contributed by atoms with Gasteiger partial charge in [0.05, 0.1) is 24.0 Å². The summed E-state index contributed by atoms with van der Waals surface area (Å²) in [6.07, 6.45) is -0.653. The third-order valence-electron chi connectivity index (χ3n) is 5.37. The fourth-order valence-corrected chi connectivity index (χ4v) is 10.7. The summed E-state index contributed by atoms with van der Waals surface area (Å²) in [6, 6.07) is 9.56. The van der Waals surface area contributed by atoms with Crippen LogP contribution in [0.2, 0.25) is 10.1 Å². The van der Waals surface area contributed by atoms with E-state index in [1.54, 1.807) is 13.8 Å². The molecule has 2 rings (SSSR count). The Kier molecular flexibility index (Phi) is 6.80. The highest BCUT2D eigenvalue weighted by atomic mass is 28.4. The Morgan fingerprint density at radius 1 is 0.897 bits per heavy atom. The number of hydrogen-bond donors (Lipinski definition) is 0. The maximum Gasteiger partial charge on any atom is 0.337 e. The highest BCUT2D eigenvalue weighted by Gasteiger charge is 2.66. The van der Waals surface area contributed by atoms with Crippen LogP contribution in [0.5, 0.6) is 0 Å². The molecule has 0 aliphatic carbocycles. The molecule has 1 atom stereocenters. The van der Waals surface area contributed by atoms with Gasteiger partial charge in [-0.15, -0.1) is 0 Å². The van der Waals surface area contributed by atoms with Crippen LogP contribution in [0, 0.1) is 0 Å². The van der Waals surface area contributed by atoms with E-state index in [1.807, 2.05) is 30.3 Å². The summed E-state index contributed by atoms with van der Waals surface area (Å²) in [5.41, 5.74) is 1.13. The smallest absolute Gasteiger partial charge is 0.337 e. The molecule has 6 heteroatoms. The molecule has 0 spiro atoms. The molecule has 0 N–H and O–H groups in total. The van der Waals surface area contributed by atoms with E-state index in [0.29, 0.717) is 10.8 Å². The Morgan fingerprint density at radius 3 is 1.83 bits per heavy atom. The Bertz CT molecular complexity index is 770. The van der Waals surface area contributed by atoms with Crippen molar-refractivity contribution < 1.29 is 23.5 Å². The van der Waals surface area contributed by atoms with Gasteiger partial charge in [0.2, 0.25) is 8.32 Å². The minimum absolute atomic E-state index is 0.222. The molecule has 0 radical (unpaired) electrons. The zero-order valence-electron chi connectivity index (χ0n) is 18.9. The highest BCUT2D eigenvalue weighted by molar-refractivity contribution is 6.90. The Hall–Kier alpha value is -1.92. The zero-order chi connectivity index (χ0) is 22.0. The van der Waals surface area contributed by atoms with Crippen LogP contribution >= 0.6 is 0 Å². The van der Waals surface area contributed by atoms with Crippen LogP contribution in [0.25, 0.3) is 0 Å². The van der Waals surface area contributed by atoms with Gasteiger partial charge in [0.25, 0.3) is 0 Å². The number of benzene rings is 1. The van der Waals surface area contributed by atoms with Crippen LogP contribution in [-0.2, 0) is 23.5 Å². The predicted octanol–water partition coefficient (Wildman–Crippen LogP) is 5.27. The van der Waals surface area contributed by atoms with Crippen LogP contribution < -0.4 is 0 Å². The van der Waals surface area contributed by atoms with Gasteiger partial charge in [-0.1, -0.05) is 71.9 Å². The molecule has 0 saturated heterocycles. The molecule has 1 heterocycles. The third-order valence-corrected chi connectivity index (χ3v) is 11.4. The van der Waals surface area contributed by atoms with Crippen molar-refractivity contribution in [3.63, 3.8) is 0 Å². The molecular weight excluding hydrogens is 384 g/mol. The van der Waals surface area contributed by atoms with E-state index in [0.717, 1.165) is 5.56 Å². The van der Waals surface area contributed by atoms with Gasteiger partial charge >= 0.3 is 11.9 Å². The summed E-state index contributed by atoms with van der Waals surface area (Å²) in [5.74, 6) is -0.974. The van der Waals surface area contributed by atoms with Crippen LogP contribution in [-0.4, -0.2) is 33.5 Å². The van der Waals surface area contributed by atoms with E-state index >= 15 is 0 Å². The summed E-state index contributed by atoms with van der Waals surface area (Å²) in [7, 11) is -3.06. The first-order valence-corrected chi connectivity index (χ1v) is 12.1. The molecule has 1 aromatic carbocycles. The van der Waals surface area contributed by atoms with Crippen LogP contribution in [0.1, 0.15) is 67.1 Å². The lowest BCUT2D eigenvalue weighted by Crippen LogP contribution is -2.56. The standard InChI is InChI=1S/C23H34O5Si/c1-9-26-20(24)17-18(16-14-12-11-13-15-16)28-29(22(3,4)5,23(6,7)8)19(17)21(25)27-10-2/h11-15,18H,9-10H2,1-8H3. The van der Waals surface area contributed by atoms with Crippen molar-refractivity contribution in [2.24, 2.45) is 0 Å². The van der Waals surface area contributed by atoms with Gasteiger partial charge in [0, 0.05) is 0 Å². The Morgan fingerprint density at radius 2 is 1.38 bits per heavy atom. The van der Waals surface area contributed by atoms with E-state index in [9.17, 15) is 9.59 Å². The first-order chi connectivity index (χ1) is 13.4. The van der Waals surface area contributed by atoms with Crippen molar-refractivity contribution in [2.45, 2.75) is 71.6 Å². The molecule has 1 aliphatic rings. The lowest BCUT2D eigenvalue weighted by molar-refractivity contribution is -0.141. The molecule has 0 aromatic heterocycles. The lowest BCUT2D eigenvalue weighted by atomic mass is 10.0. The maximum absolute atomic E-state index is 13.3. The molecule has 0 saturated carbocycles. The van der Waals surface area contributed by atoms with E-state index in [4.69, 9.17) is 13.9 Å². The van der Waals surface area contributed by atoms with E-state index in [-0.39, 0.29) is 23.3 Å². The fourth-order valence-electron chi connectivity index (χ4n) is 4.58. The van der Waals surface area contributed by atoms with Crippen molar-refractivity contribution in [3.05, 3.63) is 46.7 Å². The molecule has 1 aliphatic heterocycles. The summed E-state index contributed by atoms with van der Waals surface area (Å²) in [4.78, 5) is 26.5. The quantitative estimate of drug-likeness (QED) is 0.482. The topological polar surface area (TPSA) is 61.8 Å². The SMILES string of the molecule is CCOC(=O)C1=C(C(=O)OCC)[Si](C(C)(C)C)(C(C)(C)C)OC1c1ccccc1. The molecule has 0 amide bonds. The third kappa shape index (κ3) is 4.05. The van der Waals surface area contributed by atoms with Gasteiger partial charge in [0.1, 0.15) is 6.10 Å². The summed E-state index contributed by atoms with van der Waals surface area (Å²) < 4.78 is 17.7. The number of ether oxygens (including phenoxy) is 2. The zero-order valence-corrected chi connectivity index (χ0v) is 19.9. The normalized spacial score (nSPS) is 19.2. The second-order valence-corrected chi connectivity index (χ2v) is 14.4. The van der Waals surface area contributed by atoms with Crippen molar-refractivity contribution in [1.82, 2.24) is 0 Å². The van der Waals surface area contributed by atoms with Crippen LogP contribution in [0.4, 0.5) is 0 Å². The number of carbonyl (C=O) groups is 2. The van der Waals surface area contributed by atoms with Crippen LogP contribution in [0.3, 0.4) is 0 Å².